The number of rotatable bonds is 6. The van der Waals surface area contributed by atoms with E-state index in [2.05, 4.69) is 27.4 Å². The summed E-state index contributed by atoms with van der Waals surface area (Å²) in [5.41, 5.74) is 0. The summed E-state index contributed by atoms with van der Waals surface area (Å²) in [5.74, 6) is 1.11. The lowest BCUT2D eigenvalue weighted by molar-refractivity contribution is -0.143. The Hall–Kier alpha value is -1.06. The highest BCUT2D eigenvalue weighted by Gasteiger charge is 2.34. The summed E-state index contributed by atoms with van der Waals surface area (Å²) < 4.78 is 42.7. The molecular formula is C16H30F3N5O. The molecule has 2 unspecified atom stereocenters. The average Bonchev–Trinajstić information content (AvgIpc) is 2.97. The maximum atomic E-state index is 12.5. The van der Waals surface area contributed by atoms with Crippen LogP contribution in [0.2, 0.25) is 0 Å². The normalized spacial score (nSPS) is 25.2. The van der Waals surface area contributed by atoms with Crippen molar-refractivity contribution in [2.24, 2.45) is 10.9 Å². The number of ether oxygens (including phenoxy) is 1. The fraction of sp³-hybridized carbons (Fsp3) is 0.938. The number of hydrogen-bond acceptors (Lipinski definition) is 4. The van der Waals surface area contributed by atoms with Crippen molar-refractivity contribution in [2.75, 3.05) is 66.1 Å². The molecule has 0 aromatic carbocycles. The van der Waals surface area contributed by atoms with Crippen LogP contribution >= 0.6 is 0 Å². The summed E-state index contributed by atoms with van der Waals surface area (Å²) in [7, 11) is 1.68. The fourth-order valence-electron chi connectivity index (χ4n) is 3.30. The Morgan fingerprint density at radius 2 is 1.96 bits per heavy atom. The van der Waals surface area contributed by atoms with Crippen LogP contribution in [0, 0.1) is 5.92 Å². The van der Waals surface area contributed by atoms with E-state index in [4.69, 9.17) is 4.74 Å². The lowest BCUT2D eigenvalue weighted by atomic mass is 10.1. The van der Waals surface area contributed by atoms with Crippen LogP contribution in [0.25, 0.3) is 0 Å². The zero-order valence-corrected chi connectivity index (χ0v) is 15.1. The van der Waals surface area contributed by atoms with Gasteiger partial charge in [-0.25, -0.2) is 0 Å². The molecule has 25 heavy (non-hydrogen) atoms. The molecule has 0 radical (unpaired) electrons. The molecule has 0 bridgehead atoms. The zero-order chi connectivity index (χ0) is 18.3. The van der Waals surface area contributed by atoms with Crippen LogP contribution in [0.1, 0.15) is 13.3 Å². The third-order valence-electron chi connectivity index (χ3n) is 4.53. The van der Waals surface area contributed by atoms with Gasteiger partial charge in [-0.2, -0.15) is 13.2 Å². The van der Waals surface area contributed by atoms with Gasteiger partial charge in [0, 0.05) is 52.4 Å². The highest BCUT2D eigenvalue weighted by atomic mass is 19.4. The van der Waals surface area contributed by atoms with E-state index in [-0.39, 0.29) is 6.04 Å². The Morgan fingerprint density at radius 3 is 2.60 bits per heavy atom. The maximum Gasteiger partial charge on any atom is 0.401 e. The molecule has 2 aliphatic rings. The van der Waals surface area contributed by atoms with Gasteiger partial charge in [-0.1, -0.05) is 6.92 Å². The van der Waals surface area contributed by atoms with Crippen LogP contribution in [-0.4, -0.2) is 94.1 Å². The van der Waals surface area contributed by atoms with Crippen molar-refractivity contribution >= 4 is 5.96 Å². The van der Waals surface area contributed by atoms with Crippen molar-refractivity contribution in [1.29, 1.82) is 0 Å². The molecule has 0 aromatic heterocycles. The molecule has 2 atom stereocenters. The summed E-state index contributed by atoms with van der Waals surface area (Å²) in [5, 5.41) is 6.53. The van der Waals surface area contributed by atoms with Crippen molar-refractivity contribution in [3.8, 4) is 0 Å². The molecule has 0 aliphatic carbocycles. The number of halogens is 3. The van der Waals surface area contributed by atoms with Crippen molar-refractivity contribution in [3.05, 3.63) is 0 Å². The average molecular weight is 365 g/mol. The number of morpholine rings is 1. The number of guanidine groups is 1. The Kier molecular flexibility index (Phi) is 7.77. The Balaban J connectivity index is 1.66. The van der Waals surface area contributed by atoms with Crippen LogP contribution in [0.15, 0.2) is 4.99 Å². The van der Waals surface area contributed by atoms with E-state index < -0.39 is 12.7 Å². The molecular weight excluding hydrogens is 335 g/mol. The molecule has 2 aliphatic heterocycles. The minimum absolute atomic E-state index is 0.00287. The first-order valence-corrected chi connectivity index (χ1v) is 8.92. The van der Waals surface area contributed by atoms with Gasteiger partial charge >= 0.3 is 6.18 Å². The minimum Gasteiger partial charge on any atom is -0.379 e. The van der Waals surface area contributed by atoms with E-state index in [1.165, 1.54) is 4.90 Å². The molecule has 9 heteroatoms. The topological polar surface area (TPSA) is 52.1 Å². The molecule has 0 amide bonds. The van der Waals surface area contributed by atoms with E-state index in [0.717, 1.165) is 39.4 Å². The summed E-state index contributed by atoms with van der Waals surface area (Å²) in [6.07, 6.45) is -3.44. The zero-order valence-electron chi connectivity index (χ0n) is 15.1. The van der Waals surface area contributed by atoms with Gasteiger partial charge in [0.1, 0.15) is 0 Å². The molecule has 2 saturated heterocycles. The lowest BCUT2D eigenvalue weighted by Crippen LogP contribution is -2.47. The molecule has 0 saturated carbocycles. The van der Waals surface area contributed by atoms with Gasteiger partial charge in [0.2, 0.25) is 0 Å². The fourth-order valence-corrected chi connectivity index (χ4v) is 3.30. The molecule has 146 valence electrons. The van der Waals surface area contributed by atoms with Crippen molar-refractivity contribution in [2.45, 2.75) is 25.6 Å². The first-order valence-electron chi connectivity index (χ1n) is 8.92. The van der Waals surface area contributed by atoms with Crippen LogP contribution < -0.4 is 10.6 Å². The van der Waals surface area contributed by atoms with E-state index in [9.17, 15) is 13.2 Å². The van der Waals surface area contributed by atoms with E-state index in [1.807, 2.05) is 0 Å². The Labute approximate surface area is 147 Å². The summed E-state index contributed by atoms with van der Waals surface area (Å²) >= 11 is 0. The first kappa shape index (κ1) is 20.3. The number of aliphatic imine (C=N–C) groups is 1. The molecule has 2 rings (SSSR count). The second kappa shape index (κ2) is 9.59. The summed E-state index contributed by atoms with van der Waals surface area (Å²) in [4.78, 5) is 8.01. The van der Waals surface area contributed by atoms with Gasteiger partial charge in [0.05, 0.1) is 19.8 Å². The number of likely N-dealkylation sites (tertiary alicyclic amines) is 1. The second-order valence-corrected chi connectivity index (χ2v) is 6.95. The summed E-state index contributed by atoms with van der Waals surface area (Å²) in [6.45, 7) is 7.48. The smallest absolute Gasteiger partial charge is 0.379 e. The molecule has 6 nitrogen and oxygen atoms in total. The molecule has 0 spiro atoms. The van der Waals surface area contributed by atoms with E-state index >= 15 is 0 Å². The van der Waals surface area contributed by atoms with Gasteiger partial charge in [-0.3, -0.25) is 14.8 Å². The van der Waals surface area contributed by atoms with Crippen LogP contribution in [-0.2, 0) is 4.74 Å². The predicted molar refractivity (Wildman–Crippen MR) is 91.8 cm³/mol. The largest absolute Gasteiger partial charge is 0.401 e. The molecule has 2 heterocycles. The Morgan fingerprint density at radius 1 is 1.24 bits per heavy atom. The monoisotopic (exact) mass is 365 g/mol. The number of hydrogen-bond donors (Lipinski definition) is 2. The Bertz CT molecular complexity index is 426. The number of alkyl halides is 3. The first-order chi connectivity index (χ1) is 11.9. The minimum atomic E-state index is -4.14. The standard InChI is InChI=1S/C16H30F3N5O/c1-13(10-23-5-7-25-8-6-23)9-21-15(20-2)22-14-3-4-24(11-14)12-16(17,18)19/h13-14H,3-12H2,1-2H3,(H2,20,21,22). The third-order valence-corrected chi connectivity index (χ3v) is 4.53. The van der Waals surface area contributed by atoms with Gasteiger partial charge in [-0.05, 0) is 12.3 Å². The molecule has 0 aromatic rings. The number of nitrogens with zero attached hydrogens (tertiary/aromatic N) is 3. The summed E-state index contributed by atoms with van der Waals surface area (Å²) in [6, 6.07) is 0.00287. The van der Waals surface area contributed by atoms with Crippen LogP contribution in [0.4, 0.5) is 13.2 Å². The van der Waals surface area contributed by atoms with E-state index in [1.54, 1.807) is 7.05 Å². The van der Waals surface area contributed by atoms with Crippen LogP contribution in [0.3, 0.4) is 0 Å². The van der Waals surface area contributed by atoms with Crippen molar-refractivity contribution in [3.63, 3.8) is 0 Å². The van der Waals surface area contributed by atoms with Gasteiger partial charge < -0.3 is 15.4 Å². The third kappa shape index (κ3) is 7.79. The highest BCUT2D eigenvalue weighted by molar-refractivity contribution is 5.80. The predicted octanol–water partition coefficient (Wildman–Crippen LogP) is 0.756. The number of nitrogens with one attached hydrogen (secondary N) is 2. The van der Waals surface area contributed by atoms with Crippen LogP contribution in [0.5, 0.6) is 0 Å². The highest BCUT2D eigenvalue weighted by Crippen LogP contribution is 2.19. The van der Waals surface area contributed by atoms with Crippen molar-refractivity contribution < 1.29 is 17.9 Å². The molecule has 2 fully saturated rings. The van der Waals surface area contributed by atoms with Gasteiger partial charge in [0.25, 0.3) is 0 Å². The maximum absolute atomic E-state index is 12.5. The second-order valence-electron chi connectivity index (χ2n) is 6.95. The van der Waals surface area contributed by atoms with Gasteiger partial charge in [0.15, 0.2) is 5.96 Å². The van der Waals surface area contributed by atoms with E-state index in [0.29, 0.717) is 31.4 Å². The molecule has 2 N–H and O–H groups in total. The van der Waals surface area contributed by atoms with Gasteiger partial charge in [-0.15, -0.1) is 0 Å². The lowest BCUT2D eigenvalue weighted by Gasteiger charge is -2.29. The van der Waals surface area contributed by atoms with Crippen molar-refractivity contribution in [1.82, 2.24) is 20.4 Å². The quantitative estimate of drug-likeness (QED) is 0.538. The SMILES string of the molecule is CN=C(NCC(C)CN1CCOCC1)NC1CCN(CC(F)(F)F)C1.